The minimum atomic E-state index is 0.347. The molecule has 0 aromatic rings. The van der Waals surface area contributed by atoms with Crippen molar-refractivity contribution >= 4 is 0 Å². The highest BCUT2D eigenvalue weighted by Crippen LogP contribution is 2.47. The van der Waals surface area contributed by atoms with Crippen LogP contribution in [-0.2, 0) is 4.74 Å². The zero-order valence-electron chi connectivity index (χ0n) is 3.61. The molecule has 1 saturated carbocycles. The third-order valence-electron chi connectivity index (χ3n) is 1.57. The van der Waals surface area contributed by atoms with Crippen LogP contribution in [0, 0.1) is 6.42 Å². The molecule has 6 heavy (non-hydrogen) atoms. The molecule has 0 amide bonds. The van der Waals surface area contributed by atoms with Crippen molar-refractivity contribution in [1.82, 2.24) is 0 Å². The van der Waals surface area contributed by atoms with Crippen LogP contribution in [0.25, 0.3) is 0 Å². The summed E-state index contributed by atoms with van der Waals surface area (Å²) in [6.07, 6.45) is 4.73. The van der Waals surface area contributed by atoms with Crippen LogP contribution in [-0.4, -0.2) is 12.2 Å². The Bertz CT molecular complexity index is 68.0. The Hall–Kier alpha value is -0.0400. The lowest BCUT2D eigenvalue weighted by Crippen LogP contribution is -2.28. The average Bonchev–Trinajstić information content (AvgIpc) is 2.02. The molecule has 1 heterocycles. The van der Waals surface area contributed by atoms with E-state index in [9.17, 15) is 0 Å². The molecule has 1 unspecified atom stereocenters. The smallest absolute Gasteiger partial charge is 0.0741 e. The minimum absolute atomic E-state index is 0.347. The predicted molar refractivity (Wildman–Crippen MR) is 22.2 cm³/mol. The van der Waals surface area contributed by atoms with Gasteiger partial charge in [0.1, 0.15) is 0 Å². The first kappa shape index (κ1) is 3.03. The Morgan fingerprint density at radius 1 is 1.67 bits per heavy atom. The third kappa shape index (κ3) is 0.207. The number of rotatable bonds is 0. The molecule has 0 aromatic carbocycles. The van der Waals surface area contributed by atoms with E-state index in [1.165, 1.54) is 12.8 Å². The first-order chi connectivity index (χ1) is 2.91. The quantitative estimate of drug-likeness (QED) is 0.420. The van der Waals surface area contributed by atoms with Crippen molar-refractivity contribution in [2.45, 2.75) is 18.4 Å². The summed E-state index contributed by atoms with van der Waals surface area (Å²) in [4.78, 5) is 0. The lowest BCUT2D eigenvalue weighted by atomic mass is 10.2. The fraction of sp³-hybridized carbons (Fsp3) is 0.800. The van der Waals surface area contributed by atoms with Gasteiger partial charge in [-0.2, -0.15) is 0 Å². The van der Waals surface area contributed by atoms with E-state index in [1.807, 2.05) is 0 Å². The van der Waals surface area contributed by atoms with Gasteiger partial charge in [-0.15, -0.1) is 0 Å². The molecule has 0 N–H and O–H groups in total. The summed E-state index contributed by atoms with van der Waals surface area (Å²) in [7, 11) is 0. The van der Waals surface area contributed by atoms with Gasteiger partial charge in [0.25, 0.3) is 0 Å². The van der Waals surface area contributed by atoms with Crippen molar-refractivity contribution in [2.75, 3.05) is 6.61 Å². The molecule has 1 atom stereocenters. The van der Waals surface area contributed by atoms with Gasteiger partial charge in [-0.05, 0) is 12.8 Å². The summed E-state index contributed by atoms with van der Waals surface area (Å²) in [5, 5.41) is 0. The van der Waals surface area contributed by atoms with Gasteiger partial charge in [-0.3, -0.25) is 0 Å². The molecule has 2 rings (SSSR count). The standard InChI is InChI=1S/C5H7O/c1-2-5(1)3-4-6-5/h1H,2-4H2. The Labute approximate surface area is 37.3 Å². The summed E-state index contributed by atoms with van der Waals surface area (Å²) in [6, 6.07) is 0. The molecule has 1 heteroatoms. The molecule has 0 bridgehead atoms. The van der Waals surface area contributed by atoms with Gasteiger partial charge in [-0.1, -0.05) is 0 Å². The molecule has 33 valence electrons. The Balaban J connectivity index is 2.09. The topological polar surface area (TPSA) is 9.23 Å². The first-order valence-electron chi connectivity index (χ1n) is 2.40. The van der Waals surface area contributed by atoms with Gasteiger partial charge in [0.2, 0.25) is 0 Å². The monoisotopic (exact) mass is 83.0 g/mol. The molecular weight excluding hydrogens is 76.1 g/mol. The fourth-order valence-electron chi connectivity index (χ4n) is 0.800. The molecule has 1 nitrogen and oxygen atoms in total. The van der Waals surface area contributed by atoms with Crippen molar-refractivity contribution in [3.63, 3.8) is 0 Å². The Morgan fingerprint density at radius 2 is 2.33 bits per heavy atom. The van der Waals surface area contributed by atoms with Crippen LogP contribution in [0.2, 0.25) is 0 Å². The number of ether oxygens (including phenoxy) is 1. The van der Waals surface area contributed by atoms with E-state index in [0.717, 1.165) is 6.61 Å². The second kappa shape index (κ2) is 0.648. The van der Waals surface area contributed by atoms with Gasteiger partial charge < -0.3 is 4.74 Å². The second-order valence-corrected chi connectivity index (χ2v) is 2.07. The summed E-state index contributed by atoms with van der Waals surface area (Å²) in [5.41, 5.74) is 0.347. The molecule has 1 aliphatic carbocycles. The molecule has 1 spiro atoms. The second-order valence-electron chi connectivity index (χ2n) is 2.07. The van der Waals surface area contributed by atoms with Crippen molar-refractivity contribution in [1.29, 1.82) is 0 Å². The van der Waals surface area contributed by atoms with Crippen LogP contribution in [0.1, 0.15) is 12.8 Å². The van der Waals surface area contributed by atoms with E-state index >= 15 is 0 Å². The van der Waals surface area contributed by atoms with E-state index in [1.54, 1.807) is 0 Å². The highest BCUT2D eigenvalue weighted by molar-refractivity contribution is 5.17. The summed E-state index contributed by atoms with van der Waals surface area (Å²) >= 11 is 0. The molecule has 2 fully saturated rings. The van der Waals surface area contributed by atoms with Crippen molar-refractivity contribution in [3.8, 4) is 0 Å². The normalized spacial score (nSPS) is 36.0. The van der Waals surface area contributed by atoms with Crippen molar-refractivity contribution < 1.29 is 4.74 Å². The zero-order valence-corrected chi connectivity index (χ0v) is 3.61. The van der Waals surface area contributed by atoms with E-state index in [2.05, 4.69) is 6.42 Å². The highest BCUT2D eigenvalue weighted by atomic mass is 16.5. The van der Waals surface area contributed by atoms with Gasteiger partial charge in [0.15, 0.2) is 0 Å². The maximum absolute atomic E-state index is 5.17. The van der Waals surface area contributed by atoms with Gasteiger partial charge in [0.05, 0.1) is 12.2 Å². The van der Waals surface area contributed by atoms with Crippen LogP contribution in [0.15, 0.2) is 0 Å². The summed E-state index contributed by atoms with van der Waals surface area (Å²) < 4.78 is 5.17. The van der Waals surface area contributed by atoms with Crippen molar-refractivity contribution in [2.24, 2.45) is 0 Å². The Kier molecular flexibility index (Phi) is 0.327. The molecule has 2 aliphatic rings. The SMILES string of the molecule is [CH]1CC12CCO2. The van der Waals surface area contributed by atoms with E-state index in [4.69, 9.17) is 4.74 Å². The number of hydrogen-bond acceptors (Lipinski definition) is 1. The molecule has 0 aromatic heterocycles. The Morgan fingerprint density at radius 3 is 2.33 bits per heavy atom. The molecule has 1 radical (unpaired) electrons. The number of hydrogen-bond donors (Lipinski definition) is 0. The molecule has 1 aliphatic heterocycles. The van der Waals surface area contributed by atoms with Gasteiger partial charge >= 0.3 is 0 Å². The average molecular weight is 83.1 g/mol. The summed E-state index contributed by atoms with van der Waals surface area (Å²) in [6.45, 7) is 0.997. The van der Waals surface area contributed by atoms with Crippen LogP contribution in [0.4, 0.5) is 0 Å². The first-order valence-corrected chi connectivity index (χ1v) is 2.40. The van der Waals surface area contributed by atoms with Crippen LogP contribution >= 0.6 is 0 Å². The van der Waals surface area contributed by atoms with Gasteiger partial charge in [-0.25, -0.2) is 0 Å². The van der Waals surface area contributed by atoms with Crippen LogP contribution in [0.3, 0.4) is 0 Å². The third-order valence-corrected chi connectivity index (χ3v) is 1.57. The van der Waals surface area contributed by atoms with E-state index in [0.29, 0.717) is 5.60 Å². The lowest BCUT2D eigenvalue weighted by molar-refractivity contribution is -0.0632. The lowest BCUT2D eigenvalue weighted by Gasteiger charge is -2.25. The van der Waals surface area contributed by atoms with Crippen LogP contribution < -0.4 is 0 Å². The summed E-state index contributed by atoms with van der Waals surface area (Å²) in [5.74, 6) is 0. The fourth-order valence-corrected chi connectivity index (χ4v) is 0.800. The maximum Gasteiger partial charge on any atom is 0.0741 e. The largest absolute Gasteiger partial charge is 0.374 e. The zero-order chi connectivity index (χ0) is 4.04. The van der Waals surface area contributed by atoms with Gasteiger partial charge in [0, 0.05) is 6.42 Å². The maximum atomic E-state index is 5.17. The van der Waals surface area contributed by atoms with Crippen LogP contribution in [0.5, 0.6) is 0 Å². The van der Waals surface area contributed by atoms with E-state index < -0.39 is 0 Å². The van der Waals surface area contributed by atoms with Crippen molar-refractivity contribution in [3.05, 3.63) is 6.42 Å². The predicted octanol–water partition coefficient (Wildman–Crippen LogP) is 0.753. The minimum Gasteiger partial charge on any atom is -0.374 e. The van der Waals surface area contributed by atoms with E-state index in [-0.39, 0.29) is 0 Å². The molecular formula is C5H7O. The highest BCUT2D eigenvalue weighted by Gasteiger charge is 2.49. The molecule has 1 saturated heterocycles.